The standard InChI is InChI=1S/C33H34FN7O5/c1-17-8-21-23(11-40(36)13-27(35)19-4-6-20(7-5-19)38-18(2)14-45-16-37-3)24-12-41-29(30(24)39-28(21)10-26(17)34)9-22-25(32(41)43)15-46-33(44)31(22)42/h4-10,13,31,37-38,42H,2,11-12,14-16,35-36H2,1,3H3/b27-13-. The van der Waals surface area contributed by atoms with Crippen LogP contribution in [0.25, 0.3) is 28.0 Å². The second-order valence-electron chi connectivity index (χ2n) is 11.3. The van der Waals surface area contributed by atoms with Crippen LogP contribution in [0.2, 0.25) is 0 Å². The van der Waals surface area contributed by atoms with Crippen molar-refractivity contribution in [3.05, 3.63) is 110 Å². The Bertz CT molecular complexity index is 1970. The summed E-state index contributed by atoms with van der Waals surface area (Å²) in [6.45, 7) is 6.49. The highest BCUT2D eigenvalue weighted by molar-refractivity contribution is 5.89. The number of pyridine rings is 2. The van der Waals surface area contributed by atoms with Gasteiger partial charge in [0.2, 0.25) is 0 Å². The number of aryl methyl sites for hydroxylation is 1. The molecule has 2 aromatic carbocycles. The van der Waals surface area contributed by atoms with Gasteiger partial charge in [-0.15, -0.1) is 0 Å². The minimum absolute atomic E-state index is 0.159. The number of carbonyl (C=O) groups excluding carboxylic acids is 1. The Labute approximate surface area is 263 Å². The summed E-state index contributed by atoms with van der Waals surface area (Å²) in [5.74, 6) is 5.25. The van der Waals surface area contributed by atoms with Crippen LogP contribution in [0.15, 0.2) is 65.7 Å². The van der Waals surface area contributed by atoms with E-state index in [0.29, 0.717) is 52.6 Å². The first-order chi connectivity index (χ1) is 22.0. The molecule has 2 aliphatic rings. The van der Waals surface area contributed by atoms with Gasteiger partial charge in [0.05, 0.1) is 54.6 Å². The molecule has 0 saturated carbocycles. The number of fused-ring (bicyclic) bond motifs is 5. The molecule has 0 aliphatic carbocycles. The van der Waals surface area contributed by atoms with E-state index >= 15 is 0 Å². The molecular weight excluding hydrogens is 593 g/mol. The Hall–Kier alpha value is -5.08. The molecule has 46 heavy (non-hydrogen) atoms. The second kappa shape index (κ2) is 12.4. The normalized spacial score (nSPS) is 15.3. The van der Waals surface area contributed by atoms with Gasteiger partial charge in [-0.3, -0.25) is 10.1 Å². The summed E-state index contributed by atoms with van der Waals surface area (Å²) in [6, 6.07) is 12.1. The number of benzene rings is 2. The number of nitrogens with zero attached hydrogens (tertiary/aromatic N) is 3. The Morgan fingerprint density at radius 1 is 1.26 bits per heavy atom. The van der Waals surface area contributed by atoms with E-state index in [-0.39, 0.29) is 30.8 Å². The van der Waals surface area contributed by atoms with Crippen molar-refractivity contribution in [2.24, 2.45) is 11.6 Å². The Balaban J connectivity index is 1.32. The molecule has 6 rings (SSSR count). The lowest BCUT2D eigenvalue weighted by Gasteiger charge is -2.21. The van der Waals surface area contributed by atoms with Gasteiger partial charge >= 0.3 is 5.97 Å². The summed E-state index contributed by atoms with van der Waals surface area (Å²) in [6.07, 6.45) is 0.0222. The third-order valence-electron chi connectivity index (χ3n) is 8.06. The first kappa shape index (κ1) is 30.9. The fourth-order valence-electron chi connectivity index (χ4n) is 5.76. The predicted molar refractivity (Wildman–Crippen MR) is 171 cm³/mol. The van der Waals surface area contributed by atoms with Crippen molar-refractivity contribution < 1.29 is 23.8 Å². The molecule has 2 aliphatic heterocycles. The fraction of sp³-hybridized carbons (Fsp3) is 0.242. The SMILES string of the molecule is C=C(COCNC)Nc1ccc(/C(N)=C/N(N)Cc2c3c(nc4cc(F)c(C)cc24)-c2cc4c(c(=O)n2C3)COC(=O)C4O)cc1. The quantitative estimate of drug-likeness (QED) is 0.0507. The zero-order chi connectivity index (χ0) is 32.7. The highest BCUT2D eigenvalue weighted by atomic mass is 19.1. The highest BCUT2D eigenvalue weighted by Gasteiger charge is 2.35. The molecule has 0 radical (unpaired) electrons. The van der Waals surface area contributed by atoms with E-state index in [1.165, 1.54) is 15.6 Å². The number of cyclic esters (lactones) is 1. The molecule has 0 saturated heterocycles. The Morgan fingerprint density at radius 3 is 2.76 bits per heavy atom. The number of aromatic nitrogens is 2. The molecule has 13 heteroatoms. The zero-order valence-corrected chi connectivity index (χ0v) is 25.4. The van der Waals surface area contributed by atoms with Crippen LogP contribution in [0, 0.1) is 12.7 Å². The summed E-state index contributed by atoms with van der Waals surface area (Å²) < 4.78 is 26.7. The number of nitrogens with two attached hydrogens (primary N) is 2. The third kappa shape index (κ3) is 5.72. The van der Waals surface area contributed by atoms with E-state index < -0.39 is 23.4 Å². The van der Waals surface area contributed by atoms with Gasteiger partial charge in [0, 0.05) is 40.2 Å². The van der Waals surface area contributed by atoms with Crippen LogP contribution in [0.4, 0.5) is 10.1 Å². The van der Waals surface area contributed by atoms with E-state index in [9.17, 15) is 19.1 Å². The number of hydrogen-bond acceptors (Lipinski definition) is 11. The largest absolute Gasteiger partial charge is 0.458 e. The van der Waals surface area contributed by atoms with Gasteiger partial charge in [-0.25, -0.2) is 20.0 Å². The average Bonchev–Trinajstić information content (AvgIpc) is 3.39. The van der Waals surface area contributed by atoms with Crippen molar-refractivity contribution in [3.63, 3.8) is 0 Å². The van der Waals surface area contributed by atoms with Crippen LogP contribution >= 0.6 is 0 Å². The Morgan fingerprint density at radius 2 is 2.02 bits per heavy atom. The lowest BCUT2D eigenvalue weighted by molar-refractivity contribution is -0.157. The molecule has 2 aromatic heterocycles. The Kier molecular flexibility index (Phi) is 8.32. The molecule has 0 spiro atoms. The first-order valence-corrected chi connectivity index (χ1v) is 14.5. The molecule has 4 aromatic rings. The average molecular weight is 628 g/mol. The van der Waals surface area contributed by atoms with Gasteiger partial charge in [-0.05, 0) is 54.9 Å². The van der Waals surface area contributed by atoms with Crippen LogP contribution in [-0.4, -0.2) is 46.0 Å². The van der Waals surface area contributed by atoms with Crippen molar-refractivity contribution >= 4 is 28.3 Å². The summed E-state index contributed by atoms with van der Waals surface area (Å²) in [7, 11) is 1.80. The molecule has 0 bridgehead atoms. The number of hydrogen-bond donors (Lipinski definition) is 5. The first-order valence-electron chi connectivity index (χ1n) is 14.5. The van der Waals surface area contributed by atoms with E-state index in [4.69, 9.17) is 26.0 Å². The van der Waals surface area contributed by atoms with E-state index in [2.05, 4.69) is 17.2 Å². The van der Waals surface area contributed by atoms with Crippen LogP contribution in [0.3, 0.4) is 0 Å². The summed E-state index contributed by atoms with van der Waals surface area (Å²) in [5, 5.41) is 18.7. The minimum Gasteiger partial charge on any atom is -0.458 e. The van der Waals surface area contributed by atoms with Crippen LogP contribution in [-0.2, 0) is 34.0 Å². The lowest BCUT2D eigenvalue weighted by atomic mass is 9.97. The molecule has 12 nitrogen and oxygen atoms in total. The maximum atomic E-state index is 14.7. The van der Waals surface area contributed by atoms with Gasteiger partial charge in [0.1, 0.15) is 12.4 Å². The molecule has 0 amide bonds. The number of aliphatic hydroxyl groups is 1. The highest BCUT2D eigenvalue weighted by Crippen LogP contribution is 2.38. The number of aliphatic hydroxyl groups excluding tert-OH is 1. The molecule has 238 valence electrons. The third-order valence-corrected chi connectivity index (χ3v) is 8.06. The number of halogens is 1. The fourth-order valence-corrected chi connectivity index (χ4v) is 5.76. The number of anilines is 1. The second-order valence-corrected chi connectivity index (χ2v) is 11.3. The number of nitrogens with one attached hydrogen (secondary N) is 2. The van der Waals surface area contributed by atoms with Crippen molar-refractivity contribution in [1.82, 2.24) is 19.9 Å². The van der Waals surface area contributed by atoms with Gasteiger partial charge in [-0.2, -0.15) is 0 Å². The van der Waals surface area contributed by atoms with Crippen LogP contribution < -0.4 is 27.8 Å². The number of esters is 1. The van der Waals surface area contributed by atoms with Gasteiger partial charge in [0.15, 0.2) is 6.10 Å². The topological polar surface area (TPSA) is 170 Å². The van der Waals surface area contributed by atoms with Crippen molar-refractivity contribution in [1.29, 1.82) is 0 Å². The van der Waals surface area contributed by atoms with E-state index in [1.54, 1.807) is 32.3 Å². The van der Waals surface area contributed by atoms with E-state index in [0.717, 1.165) is 22.4 Å². The van der Waals surface area contributed by atoms with Crippen LogP contribution in [0.5, 0.6) is 0 Å². The van der Waals surface area contributed by atoms with Crippen molar-refractivity contribution in [3.8, 4) is 11.4 Å². The molecule has 4 heterocycles. The van der Waals surface area contributed by atoms with Gasteiger partial charge in [-0.1, -0.05) is 18.7 Å². The predicted octanol–water partition coefficient (Wildman–Crippen LogP) is 2.72. The maximum Gasteiger partial charge on any atom is 0.340 e. The monoisotopic (exact) mass is 627 g/mol. The number of hydrazine groups is 1. The zero-order valence-electron chi connectivity index (χ0n) is 25.4. The number of carbonyl (C=O) groups is 1. The molecular formula is C33H34FN7O5. The molecule has 1 unspecified atom stereocenters. The van der Waals surface area contributed by atoms with Gasteiger partial charge in [0.25, 0.3) is 5.56 Å². The van der Waals surface area contributed by atoms with Crippen molar-refractivity contribution in [2.45, 2.75) is 32.7 Å². The van der Waals surface area contributed by atoms with Crippen molar-refractivity contribution in [2.75, 3.05) is 25.7 Å². The molecule has 1 atom stereocenters. The minimum atomic E-state index is -1.58. The molecule has 7 N–H and O–H groups in total. The van der Waals surface area contributed by atoms with E-state index in [1.807, 2.05) is 24.3 Å². The lowest BCUT2D eigenvalue weighted by Crippen LogP contribution is -2.32. The van der Waals surface area contributed by atoms with Crippen LogP contribution in [0.1, 0.15) is 39.5 Å². The summed E-state index contributed by atoms with van der Waals surface area (Å²) >= 11 is 0. The molecule has 0 fully saturated rings. The summed E-state index contributed by atoms with van der Waals surface area (Å²) in [5.41, 5.74) is 12.2. The smallest absolute Gasteiger partial charge is 0.340 e. The number of ether oxygens (including phenoxy) is 2. The summed E-state index contributed by atoms with van der Waals surface area (Å²) in [4.78, 5) is 30.3. The van der Waals surface area contributed by atoms with Gasteiger partial charge < -0.3 is 35.2 Å². The number of rotatable bonds is 10. The maximum absolute atomic E-state index is 14.7.